The van der Waals surface area contributed by atoms with Crippen LogP contribution in [0.15, 0.2) is 36.7 Å². The first-order chi connectivity index (χ1) is 5.79. The Bertz CT molecular complexity index is 265. The summed E-state index contributed by atoms with van der Waals surface area (Å²) in [6, 6.07) is 3.77. The van der Waals surface area contributed by atoms with Crippen LogP contribution in [-0.2, 0) is 4.79 Å². The number of hydrogen-bond donors (Lipinski definition) is 2. The first-order valence-electron chi connectivity index (χ1n) is 3.55. The molecule has 1 aromatic rings. The summed E-state index contributed by atoms with van der Waals surface area (Å²) in [6.07, 6.45) is 6.34. The average molecular weight is 166 g/mol. The average Bonchev–Trinajstić information content (AvgIpc) is 2.49. The highest BCUT2D eigenvalue weighted by Crippen LogP contribution is 1.84. The van der Waals surface area contributed by atoms with Crippen LogP contribution in [0.5, 0.6) is 0 Å². The zero-order valence-electron chi connectivity index (χ0n) is 6.47. The Labute approximate surface area is 70.1 Å². The Morgan fingerprint density at radius 1 is 1.50 bits per heavy atom. The summed E-state index contributed by atoms with van der Waals surface area (Å²) in [7, 11) is 0. The van der Waals surface area contributed by atoms with Crippen molar-refractivity contribution in [1.29, 1.82) is 0 Å². The molecule has 4 heteroatoms. The number of nitrogens with zero attached hydrogens (tertiary/aromatic N) is 1. The van der Waals surface area contributed by atoms with E-state index in [1.54, 1.807) is 10.8 Å². The summed E-state index contributed by atoms with van der Waals surface area (Å²) in [5.41, 5.74) is 2.95. The Hall–Kier alpha value is -1.71. The number of nitrogens with one attached hydrogen (secondary N) is 1. The summed E-state index contributed by atoms with van der Waals surface area (Å²) < 4.78 is 1.76. The normalized spacial score (nSPS) is 10.3. The standard InChI is InChI=1S/C8H10N2O2/c11-8(12)4-3-5-9-10-6-1-2-7-10/h1-4,6-7,9H,5H2,(H,11,12)/b4-3+. The van der Waals surface area contributed by atoms with E-state index in [9.17, 15) is 4.79 Å². The van der Waals surface area contributed by atoms with Gasteiger partial charge in [0.15, 0.2) is 0 Å². The van der Waals surface area contributed by atoms with E-state index in [0.29, 0.717) is 6.54 Å². The lowest BCUT2D eigenvalue weighted by Gasteiger charge is -2.02. The number of carboxylic acids is 1. The van der Waals surface area contributed by atoms with Crippen molar-refractivity contribution >= 4 is 5.97 Å². The number of carbonyl (C=O) groups is 1. The second-order valence-electron chi connectivity index (χ2n) is 2.19. The molecule has 2 N–H and O–H groups in total. The zero-order chi connectivity index (χ0) is 8.81. The van der Waals surface area contributed by atoms with E-state index >= 15 is 0 Å². The molecule has 12 heavy (non-hydrogen) atoms. The van der Waals surface area contributed by atoms with Crippen molar-refractivity contribution in [3.8, 4) is 0 Å². The van der Waals surface area contributed by atoms with Gasteiger partial charge in [-0.05, 0) is 12.1 Å². The molecule has 4 nitrogen and oxygen atoms in total. The molecule has 1 rings (SSSR count). The molecule has 0 aliphatic heterocycles. The van der Waals surface area contributed by atoms with Crippen molar-refractivity contribution in [1.82, 2.24) is 4.68 Å². The predicted molar refractivity (Wildman–Crippen MR) is 45.4 cm³/mol. The molecule has 0 saturated carbocycles. The van der Waals surface area contributed by atoms with Gasteiger partial charge in [-0.25, -0.2) is 4.79 Å². The van der Waals surface area contributed by atoms with Gasteiger partial charge in [0, 0.05) is 25.0 Å². The molecule has 0 radical (unpaired) electrons. The van der Waals surface area contributed by atoms with Crippen molar-refractivity contribution in [3.05, 3.63) is 36.7 Å². The lowest BCUT2D eigenvalue weighted by molar-refractivity contribution is -0.131. The molecule has 0 unspecified atom stereocenters. The summed E-state index contributed by atoms with van der Waals surface area (Å²) in [6.45, 7) is 0.501. The maximum atomic E-state index is 10.0. The second-order valence-corrected chi connectivity index (χ2v) is 2.19. The van der Waals surface area contributed by atoms with Crippen LogP contribution in [0.1, 0.15) is 0 Å². The quantitative estimate of drug-likeness (QED) is 0.646. The fourth-order valence-electron chi connectivity index (χ4n) is 0.758. The van der Waals surface area contributed by atoms with E-state index < -0.39 is 5.97 Å². The molecular weight excluding hydrogens is 156 g/mol. The van der Waals surface area contributed by atoms with Crippen LogP contribution >= 0.6 is 0 Å². The van der Waals surface area contributed by atoms with Gasteiger partial charge in [-0.15, -0.1) is 0 Å². The molecule has 64 valence electrons. The fourth-order valence-corrected chi connectivity index (χ4v) is 0.758. The molecule has 1 heterocycles. The van der Waals surface area contributed by atoms with E-state index in [-0.39, 0.29) is 0 Å². The van der Waals surface area contributed by atoms with Gasteiger partial charge in [0.05, 0.1) is 0 Å². The second kappa shape index (κ2) is 4.23. The number of hydrogen-bond acceptors (Lipinski definition) is 2. The minimum Gasteiger partial charge on any atom is -0.478 e. The monoisotopic (exact) mass is 166 g/mol. The number of aromatic nitrogens is 1. The fraction of sp³-hybridized carbons (Fsp3) is 0.125. The Balaban J connectivity index is 2.23. The molecule has 0 bridgehead atoms. The van der Waals surface area contributed by atoms with Crippen LogP contribution in [-0.4, -0.2) is 22.3 Å². The van der Waals surface area contributed by atoms with Gasteiger partial charge in [0.25, 0.3) is 0 Å². The molecule has 0 aromatic carbocycles. The Kier molecular flexibility index (Phi) is 2.95. The smallest absolute Gasteiger partial charge is 0.328 e. The number of rotatable bonds is 4. The van der Waals surface area contributed by atoms with Gasteiger partial charge >= 0.3 is 5.97 Å². The van der Waals surface area contributed by atoms with Crippen molar-refractivity contribution < 1.29 is 9.90 Å². The molecule has 1 aromatic heterocycles. The summed E-state index contributed by atoms with van der Waals surface area (Å²) >= 11 is 0. The van der Waals surface area contributed by atoms with E-state index in [4.69, 9.17) is 5.11 Å². The van der Waals surface area contributed by atoms with Crippen LogP contribution in [0.25, 0.3) is 0 Å². The maximum Gasteiger partial charge on any atom is 0.328 e. The molecule has 0 saturated heterocycles. The largest absolute Gasteiger partial charge is 0.478 e. The minimum atomic E-state index is -0.927. The van der Waals surface area contributed by atoms with Crippen LogP contribution < -0.4 is 5.43 Å². The number of carboxylic acid groups (broad SMARTS) is 1. The van der Waals surface area contributed by atoms with Crippen molar-refractivity contribution in [2.75, 3.05) is 12.0 Å². The molecule has 0 amide bonds. The Morgan fingerprint density at radius 2 is 2.17 bits per heavy atom. The first-order valence-corrected chi connectivity index (χ1v) is 3.55. The van der Waals surface area contributed by atoms with Crippen molar-refractivity contribution in [2.45, 2.75) is 0 Å². The van der Waals surface area contributed by atoms with E-state index in [1.165, 1.54) is 0 Å². The lowest BCUT2D eigenvalue weighted by Crippen LogP contribution is -2.11. The third kappa shape index (κ3) is 2.92. The summed E-state index contributed by atoms with van der Waals surface area (Å²) in [5, 5.41) is 8.25. The maximum absolute atomic E-state index is 10.0. The highest BCUT2D eigenvalue weighted by atomic mass is 16.4. The topological polar surface area (TPSA) is 54.3 Å². The minimum absolute atomic E-state index is 0.501. The van der Waals surface area contributed by atoms with Crippen molar-refractivity contribution in [2.24, 2.45) is 0 Å². The Morgan fingerprint density at radius 3 is 2.75 bits per heavy atom. The first kappa shape index (κ1) is 8.39. The van der Waals surface area contributed by atoms with Crippen LogP contribution in [0.4, 0.5) is 0 Å². The molecule has 0 aliphatic rings. The third-order valence-corrected chi connectivity index (χ3v) is 1.26. The van der Waals surface area contributed by atoms with Gasteiger partial charge < -0.3 is 10.5 Å². The van der Waals surface area contributed by atoms with Crippen LogP contribution in [0, 0.1) is 0 Å². The molecule has 0 fully saturated rings. The SMILES string of the molecule is O=C(O)/C=C/CNn1cccc1. The van der Waals surface area contributed by atoms with Crippen LogP contribution in [0.2, 0.25) is 0 Å². The molecule has 0 atom stereocenters. The zero-order valence-corrected chi connectivity index (χ0v) is 6.47. The highest BCUT2D eigenvalue weighted by Gasteiger charge is 1.85. The van der Waals surface area contributed by atoms with Gasteiger partial charge in [-0.3, -0.25) is 4.68 Å². The molecule has 0 spiro atoms. The third-order valence-electron chi connectivity index (χ3n) is 1.26. The lowest BCUT2D eigenvalue weighted by atomic mass is 10.5. The van der Waals surface area contributed by atoms with Gasteiger partial charge in [0.1, 0.15) is 0 Å². The van der Waals surface area contributed by atoms with Crippen LogP contribution in [0.3, 0.4) is 0 Å². The van der Waals surface area contributed by atoms with E-state index in [1.807, 2.05) is 24.5 Å². The molecular formula is C8H10N2O2. The van der Waals surface area contributed by atoms with E-state index in [2.05, 4.69) is 5.43 Å². The van der Waals surface area contributed by atoms with E-state index in [0.717, 1.165) is 6.08 Å². The number of aliphatic carboxylic acids is 1. The summed E-state index contributed by atoms with van der Waals surface area (Å²) in [5.74, 6) is -0.927. The predicted octanol–water partition coefficient (Wildman–Crippen LogP) is 0.672. The van der Waals surface area contributed by atoms with Gasteiger partial charge in [-0.2, -0.15) is 0 Å². The molecule has 0 aliphatic carbocycles. The van der Waals surface area contributed by atoms with Gasteiger partial charge in [0.2, 0.25) is 0 Å². The van der Waals surface area contributed by atoms with Crippen molar-refractivity contribution in [3.63, 3.8) is 0 Å². The van der Waals surface area contributed by atoms with Gasteiger partial charge in [-0.1, -0.05) is 6.08 Å². The summed E-state index contributed by atoms with van der Waals surface area (Å²) in [4.78, 5) is 10.0. The highest BCUT2D eigenvalue weighted by molar-refractivity contribution is 5.79.